The lowest BCUT2D eigenvalue weighted by atomic mass is 10.1. The van der Waals surface area contributed by atoms with Gasteiger partial charge in [-0.25, -0.2) is 0 Å². The van der Waals surface area contributed by atoms with Gasteiger partial charge in [-0.2, -0.15) is 0 Å². The van der Waals surface area contributed by atoms with Gasteiger partial charge in [-0.05, 0) is 49.1 Å². The van der Waals surface area contributed by atoms with Crippen molar-refractivity contribution in [1.29, 1.82) is 0 Å². The van der Waals surface area contributed by atoms with E-state index in [-0.39, 0.29) is 5.91 Å². The average Bonchev–Trinajstić information content (AvgIpc) is 3.25. The van der Waals surface area contributed by atoms with Crippen molar-refractivity contribution in [3.8, 4) is 0 Å². The Morgan fingerprint density at radius 3 is 2.96 bits per heavy atom. The summed E-state index contributed by atoms with van der Waals surface area (Å²) in [6.07, 6.45) is 1.11. The van der Waals surface area contributed by atoms with Crippen LogP contribution in [0.25, 0.3) is 0 Å². The summed E-state index contributed by atoms with van der Waals surface area (Å²) in [6, 6.07) is 12.0. The molecular formula is C20H26N2O3. The number of nitrogens with one attached hydrogen (secondary N) is 1. The van der Waals surface area contributed by atoms with E-state index in [0.717, 1.165) is 26.1 Å². The molecule has 2 aromatic rings. The monoisotopic (exact) mass is 342 g/mol. The van der Waals surface area contributed by atoms with Crippen molar-refractivity contribution in [3.63, 3.8) is 0 Å². The molecule has 1 saturated heterocycles. The maximum atomic E-state index is 12.2. The molecule has 5 nitrogen and oxygen atoms in total. The van der Waals surface area contributed by atoms with Gasteiger partial charge in [-0.3, -0.25) is 9.69 Å². The van der Waals surface area contributed by atoms with Crippen molar-refractivity contribution in [1.82, 2.24) is 10.2 Å². The van der Waals surface area contributed by atoms with Gasteiger partial charge in [0, 0.05) is 26.7 Å². The van der Waals surface area contributed by atoms with Crippen molar-refractivity contribution >= 4 is 5.91 Å². The molecule has 0 bridgehead atoms. The first-order valence-corrected chi connectivity index (χ1v) is 8.78. The van der Waals surface area contributed by atoms with E-state index in [1.54, 1.807) is 19.2 Å². The quantitative estimate of drug-likeness (QED) is 0.840. The highest BCUT2D eigenvalue weighted by Gasteiger charge is 2.23. The van der Waals surface area contributed by atoms with Crippen LogP contribution in [-0.4, -0.2) is 37.6 Å². The number of amides is 1. The van der Waals surface area contributed by atoms with Crippen LogP contribution in [0, 0.1) is 12.8 Å². The first kappa shape index (κ1) is 17.7. The van der Waals surface area contributed by atoms with Crippen LogP contribution in [0.15, 0.2) is 40.8 Å². The minimum Gasteiger partial charge on any atom is -0.453 e. The number of ether oxygens (including phenoxy) is 1. The summed E-state index contributed by atoms with van der Waals surface area (Å²) >= 11 is 0. The molecule has 25 heavy (non-hydrogen) atoms. The van der Waals surface area contributed by atoms with Crippen molar-refractivity contribution in [2.24, 2.45) is 5.92 Å². The first-order valence-electron chi connectivity index (χ1n) is 8.78. The molecular weight excluding hydrogens is 316 g/mol. The molecule has 134 valence electrons. The second-order valence-electron chi connectivity index (χ2n) is 6.73. The Hall–Kier alpha value is -2.11. The topological polar surface area (TPSA) is 54.7 Å². The van der Waals surface area contributed by atoms with Gasteiger partial charge >= 0.3 is 0 Å². The molecule has 1 atom stereocenters. The molecule has 1 N–H and O–H groups in total. The van der Waals surface area contributed by atoms with Crippen molar-refractivity contribution in [2.75, 3.05) is 26.7 Å². The van der Waals surface area contributed by atoms with Crippen LogP contribution in [0.2, 0.25) is 0 Å². The molecule has 0 saturated carbocycles. The molecule has 1 aromatic carbocycles. The normalized spacial score (nSPS) is 17.8. The van der Waals surface area contributed by atoms with Gasteiger partial charge < -0.3 is 14.5 Å². The smallest absolute Gasteiger partial charge is 0.287 e. The third-order valence-electron chi connectivity index (χ3n) is 4.75. The first-order chi connectivity index (χ1) is 12.2. The summed E-state index contributed by atoms with van der Waals surface area (Å²) in [5.41, 5.74) is 2.72. The minimum absolute atomic E-state index is 0.153. The highest BCUT2D eigenvalue weighted by atomic mass is 16.5. The Balaban J connectivity index is 1.45. The number of rotatable bonds is 7. The Morgan fingerprint density at radius 2 is 2.16 bits per heavy atom. The molecule has 0 aliphatic carbocycles. The molecule has 1 fully saturated rings. The van der Waals surface area contributed by atoms with Gasteiger partial charge in [0.25, 0.3) is 5.91 Å². The Kier molecular flexibility index (Phi) is 5.89. The number of aryl methyl sites for hydroxylation is 1. The summed E-state index contributed by atoms with van der Waals surface area (Å²) in [4.78, 5) is 14.6. The SMILES string of the molecule is COCc1ccc(C(=O)NC[C@H]2CCN(Cc3ccccc3C)C2)o1. The van der Waals surface area contributed by atoms with Gasteiger partial charge in [0.1, 0.15) is 12.4 Å². The van der Waals surface area contributed by atoms with E-state index in [1.165, 1.54) is 11.1 Å². The second-order valence-corrected chi connectivity index (χ2v) is 6.73. The van der Waals surface area contributed by atoms with E-state index in [2.05, 4.69) is 41.4 Å². The van der Waals surface area contributed by atoms with E-state index in [4.69, 9.17) is 9.15 Å². The Bertz CT molecular complexity index is 710. The van der Waals surface area contributed by atoms with E-state index in [1.807, 2.05) is 0 Å². The lowest BCUT2D eigenvalue weighted by molar-refractivity contribution is 0.0911. The molecule has 3 rings (SSSR count). The summed E-state index contributed by atoms with van der Waals surface area (Å²) in [6.45, 7) is 6.29. The fraction of sp³-hybridized carbons (Fsp3) is 0.450. The highest BCUT2D eigenvalue weighted by Crippen LogP contribution is 2.20. The number of likely N-dealkylation sites (tertiary alicyclic amines) is 1. The lowest BCUT2D eigenvalue weighted by Crippen LogP contribution is -2.30. The van der Waals surface area contributed by atoms with Crippen LogP contribution in [0.1, 0.15) is 33.9 Å². The molecule has 0 unspecified atom stereocenters. The van der Waals surface area contributed by atoms with Gasteiger partial charge in [-0.1, -0.05) is 24.3 Å². The molecule has 1 amide bonds. The maximum Gasteiger partial charge on any atom is 0.287 e. The lowest BCUT2D eigenvalue weighted by Gasteiger charge is -2.17. The van der Waals surface area contributed by atoms with E-state index < -0.39 is 0 Å². The molecule has 0 radical (unpaired) electrons. The van der Waals surface area contributed by atoms with E-state index in [9.17, 15) is 4.79 Å². The number of nitrogens with zero attached hydrogens (tertiary/aromatic N) is 1. The zero-order valence-electron chi connectivity index (χ0n) is 15.0. The number of hydrogen-bond donors (Lipinski definition) is 1. The summed E-state index contributed by atoms with van der Waals surface area (Å²) in [5, 5.41) is 2.99. The predicted octanol–water partition coefficient (Wildman–Crippen LogP) is 2.99. The zero-order valence-corrected chi connectivity index (χ0v) is 15.0. The molecule has 0 spiro atoms. The summed E-state index contributed by atoms with van der Waals surface area (Å²) < 4.78 is 10.5. The second kappa shape index (κ2) is 8.32. The number of methoxy groups -OCH3 is 1. The minimum atomic E-state index is -0.153. The van der Waals surface area contributed by atoms with Crippen molar-refractivity contribution < 1.29 is 13.9 Å². The van der Waals surface area contributed by atoms with Gasteiger partial charge in [0.15, 0.2) is 5.76 Å². The zero-order chi connectivity index (χ0) is 17.6. The van der Waals surface area contributed by atoms with Crippen LogP contribution in [0.4, 0.5) is 0 Å². The fourth-order valence-electron chi connectivity index (χ4n) is 3.30. The maximum absolute atomic E-state index is 12.2. The predicted molar refractivity (Wildman–Crippen MR) is 96.3 cm³/mol. The van der Waals surface area contributed by atoms with Crippen LogP contribution < -0.4 is 5.32 Å². The van der Waals surface area contributed by atoms with Crippen LogP contribution in [-0.2, 0) is 17.9 Å². The van der Waals surface area contributed by atoms with Gasteiger partial charge in [0.05, 0.1) is 0 Å². The Morgan fingerprint density at radius 1 is 1.32 bits per heavy atom. The van der Waals surface area contributed by atoms with E-state index in [0.29, 0.717) is 30.6 Å². The molecule has 1 aromatic heterocycles. The summed E-state index contributed by atoms with van der Waals surface area (Å²) in [7, 11) is 1.60. The molecule has 5 heteroatoms. The number of benzene rings is 1. The van der Waals surface area contributed by atoms with Gasteiger partial charge in [-0.15, -0.1) is 0 Å². The van der Waals surface area contributed by atoms with Gasteiger partial charge in [0.2, 0.25) is 0 Å². The molecule has 1 aliphatic heterocycles. The average molecular weight is 342 g/mol. The van der Waals surface area contributed by atoms with Crippen molar-refractivity contribution in [2.45, 2.75) is 26.5 Å². The highest BCUT2D eigenvalue weighted by molar-refractivity contribution is 5.91. The number of carbonyl (C=O) groups is 1. The molecule has 2 heterocycles. The van der Waals surface area contributed by atoms with Crippen LogP contribution in [0.5, 0.6) is 0 Å². The summed E-state index contributed by atoms with van der Waals surface area (Å²) in [5.74, 6) is 1.35. The Labute approximate surface area is 149 Å². The van der Waals surface area contributed by atoms with E-state index >= 15 is 0 Å². The number of carbonyl (C=O) groups excluding carboxylic acids is 1. The van der Waals surface area contributed by atoms with Crippen molar-refractivity contribution in [3.05, 3.63) is 59.0 Å². The standard InChI is InChI=1S/C20H26N2O3/c1-15-5-3-4-6-17(15)13-22-10-9-16(12-22)11-21-20(23)19-8-7-18(25-19)14-24-2/h3-8,16H,9-14H2,1-2H3,(H,21,23)/t16-/m1/s1. The molecule has 1 aliphatic rings. The third-order valence-corrected chi connectivity index (χ3v) is 4.75. The number of hydrogen-bond acceptors (Lipinski definition) is 4. The largest absolute Gasteiger partial charge is 0.453 e. The fourth-order valence-corrected chi connectivity index (χ4v) is 3.30. The number of furan rings is 1. The third kappa shape index (κ3) is 4.71. The van der Waals surface area contributed by atoms with Crippen LogP contribution in [0.3, 0.4) is 0 Å². The van der Waals surface area contributed by atoms with Crippen LogP contribution >= 0.6 is 0 Å².